The van der Waals surface area contributed by atoms with Crippen LogP contribution in [0.25, 0.3) is 0 Å². The molecule has 1 heterocycles. The molecular weight excluding hydrogens is 286 g/mol. The second-order valence-electron chi connectivity index (χ2n) is 6.79. The van der Waals surface area contributed by atoms with Crippen molar-refractivity contribution in [1.82, 2.24) is 4.90 Å². The molecule has 0 N–H and O–H groups in total. The maximum absolute atomic E-state index is 12.3. The highest BCUT2D eigenvalue weighted by atomic mass is 32.2. The minimum atomic E-state index is -0.193. The molecule has 1 unspecified atom stereocenters. The van der Waals surface area contributed by atoms with E-state index in [1.54, 1.807) is 11.8 Å². The number of carbonyl (C=O) groups is 2. The molecule has 1 saturated heterocycles. The van der Waals surface area contributed by atoms with Crippen LogP contribution in [-0.4, -0.2) is 46.0 Å². The molecule has 0 spiro atoms. The van der Waals surface area contributed by atoms with Gasteiger partial charge < -0.3 is 4.74 Å². The molecule has 2 amide bonds. The molecule has 0 radical (unpaired) electrons. The molecule has 4 nitrogen and oxygen atoms in total. The number of nitrogens with zero attached hydrogens (tertiary/aromatic N) is 1. The summed E-state index contributed by atoms with van der Waals surface area (Å²) in [4.78, 5) is 25.7. The van der Waals surface area contributed by atoms with E-state index >= 15 is 0 Å². The summed E-state index contributed by atoms with van der Waals surface area (Å²) in [6.45, 7) is 11.6. The Kier molecular flexibility index (Phi) is 7.21. The Morgan fingerprint density at radius 3 is 2.48 bits per heavy atom. The standard InChI is InChI=1S/C16H29NO3S/c1-12(2)20-10-8-6-7-9-17-14(18)11-13(15(17)19)21-16(3,4)5/h12-13H,6-11H2,1-5H3. The van der Waals surface area contributed by atoms with Gasteiger partial charge in [-0.3, -0.25) is 14.5 Å². The van der Waals surface area contributed by atoms with E-state index in [0.717, 1.165) is 25.9 Å². The lowest BCUT2D eigenvalue weighted by Crippen LogP contribution is -2.33. The lowest BCUT2D eigenvalue weighted by molar-refractivity contribution is -0.138. The van der Waals surface area contributed by atoms with Crippen LogP contribution in [0.5, 0.6) is 0 Å². The van der Waals surface area contributed by atoms with Crippen LogP contribution >= 0.6 is 11.8 Å². The van der Waals surface area contributed by atoms with Gasteiger partial charge in [0.2, 0.25) is 11.8 Å². The van der Waals surface area contributed by atoms with E-state index in [1.165, 1.54) is 4.90 Å². The third-order valence-corrected chi connectivity index (χ3v) is 4.54. The summed E-state index contributed by atoms with van der Waals surface area (Å²) in [5.74, 6) is -0.0152. The monoisotopic (exact) mass is 315 g/mol. The summed E-state index contributed by atoms with van der Waals surface area (Å²) in [7, 11) is 0. The van der Waals surface area contributed by atoms with Crippen molar-refractivity contribution < 1.29 is 14.3 Å². The Hall–Kier alpha value is -0.550. The molecule has 0 aromatic carbocycles. The van der Waals surface area contributed by atoms with Crippen LogP contribution in [0.3, 0.4) is 0 Å². The quantitative estimate of drug-likeness (QED) is 0.509. The zero-order valence-electron chi connectivity index (χ0n) is 14.0. The van der Waals surface area contributed by atoms with Crippen LogP contribution in [0.2, 0.25) is 0 Å². The van der Waals surface area contributed by atoms with Crippen molar-refractivity contribution >= 4 is 23.6 Å². The van der Waals surface area contributed by atoms with Gasteiger partial charge in [-0.05, 0) is 33.1 Å². The minimum Gasteiger partial charge on any atom is -0.379 e. The summed E-state index contributed by atoms with van der Waals surface area (Å²) in [5, 5.41) is -0.193. The molecular formula is C16H29NO3S. The van der Waals surface area contributed by atoms with Crippen molar-refractivity contribution in [2.24, 2.45) is 0 Å². The van der Waals surface area contributed by atoms with Crippen LogP contribution in [0.1, 0.15) is 60.3 Å². The first-order chi connectivity index (χ1) is 9.70. The zero-order chi connectivity index (χ0) is 16.0. The highest BCUT2D eigenvalue weighted by molar-refractivity contribution is 8.01. The number of ether oxygens (including phenoxy) is 1. The highest BCUT2D eigenvalue weighted by Crippen LogP contribution is 2.34. The second-order valence-corrected chi connectivity index (χ2v) is 8.82. The highest BCUT2D eigenvalue weighted by Gasteiger charge is 2.40. The molecule has 5 heteroatoms. The molecule has 122 valence electrons. The summed E-state index contributed by atoms with van der Waals surface area (Å²) in [6, 6.07) is 0. The molecule has 1 fully saturated rings. The van der Waals surface area contributed by atoms with Gasteiger partial charge >= 0.3 is 0 Å². The van der Waals surface area contributed by atoms with Gasteiger partial charge in [-0.1, -0.05) is 20.8 Å². The van der Waals surface area contributed by atoms with Crippen LogP contribution in [0.4, 0.5) is 0 Å². The topological polar surface area (TPSA) is 46.6 Å². The van der Waals surface area contributed by atoms with Crippen molar-refractivity contribution in [3.05, 3.63) is 0 Å². The third kappa shape index (κ3) is 6.83. The average molecular weight is 315 g/mol. The first-order valence-electron chi connectivity index (χ1n) is 7.84. The summed E-state index contributed by atoms with van der Waals surface area (Å²) in [5.41, 5.74) is 0. The van der Waals surface area contributed by atoms with Crippen molar-refractivity contribution in [3.63, 3.8) is 0 Å². The molecule has 0 aliphatic carbocycles. The number of thioether (sulfide) groups is 1. The Balaban J connectivity index is 2.29. The van der Waals surface area contributed by atoms with Gasteiger partial charge in [-0.2, -0.15) is 0 Å². The largest absolute Gasteiger partial charge is 0.379 e. The van der Waals surface area contributed by atoms with Crippen LogP contribution < -0.4 is 0 Å². The minimum absolute atomic E-state index is 0.00152. The van der Waals surface area contributed by atoms with E-state index in [-0.39, 0.29) is 27.9 Å². The van der Waals surface area contributed by atoms with Crippen molar-refractivity contribution in [3.8, 4) is 0 Å². The van der Waals surface area contributed by atoms with Crippen molar-refractivity contribution in [2.75, 3.05) is 13.2 Å². The Morgan fingerprint density at radius 2 is 1.90 bits per heavy atom. The van der Waals surface area contributed by atoms with Gasteiger partial charge in [-0.25, -0.2) is 0 Å². The Labute approximate surface area is 133 Å². The lowest BCUT2D eigenvalue weighted by atomic mass is 10.2. The maximum Gasteiger partial charge on any atom is 0.242 e. The molecule has 1 atom stereocenters. The van der Waals surface area contributed by atoms with E-state index in [2.05, 4.69) is 20.8 Å². The first kappa shape index (κ1) is 18.5. The van der Waals surface area contributed by atoms with Crippen molar-refractivity contribution in [1.29, 1.82) is 0 Å². The van der Waals surface area contributed by atoms with Crippen LogP contribution in [0, 0.1) is 0 Å². The predicted molar refractivity (Wildman–Crippen MR) is 87.4 cm³/mol. The number of hydrogen-bond donors (Lipinski definition) is 0. The predicted octanol–water partition coefficient (Wildman–Crippen LogP) is 3.24. The molecule has 21 heavy (non-hydrogen) atoms. The maximum atomic E-state index is 12.3. The normalized spacial score (nSPS) is 19.9. The molecule has 1 rings (SSSR count). The van der Waals surface area contributed by atoms with E-state index in [1.807, 2.05) is 13.8 Å². The number of rotatable bonds is 8. The van der Waals surface area contributed by atoms with Gasteiger partial charge in [0.1, 0.15) is 0 Å². The molecule has 0 bridgehead atoms. The van der Waals surface area contributed by atoms with E-state index < -0.39 is 0 Å². The summed E-state index contributed by atoms with van der Waals surface area (Å²) >= 11 is 1.60. The van der Waals surface area contributed by atoms with E-state index in [0.29, 0.717) is 13.0 Å². The molecule has 0 aromatic rings. The lowest BCUT2D eigenvalue weighted by Gasteiger charge is -2.21. The molecule has 0 saturated carbocycles. The van der Waals surface area contributed by atoms with E-state index in [9.17, 15) is 9.59 Å². The molecule has 1 aliphatic rings. The number of amides is 2. The van der Waals surface area contributed by atoms with Crippen LogP contribution in [0.15, 0.2) is 0 Å². The average Bonchev–Trinajstić information content (AvgIpc) is 2.57. The number of unbranched alkanes of at least 4 members (excludes halogenated alkanes) is 2. The zero-order valence-corrected chi connectivity index (χ0v) is 14.8. The number of imide groups is 1. The number of carbonyl (C=O) groups excluding carboxylic acids is 2. The fourth-order valence-corrected chi connectivity index (χ4v) is 3.58. The Bertz CT molecular complexity index is 363. The van der Waals surface area contributed by atoms with Gasteiger partial charge in [0.05, 0.1) is 11.4 Å². The van der Waals surface area contributed by atoms with Gasteiger partial charge in [-0.15, -0.1) is 11.8 Å². The smallest absolute Gasteiger partial charge is 0.242 e. The fraction of sp³-hybridized carbons (Fsp3) is 0.875. The first-order valence-corrected chi connectivity index (χ1v) is 8.72. The summed E-state index contributed by atoms with van der Waals surface area (Å²) in [6.07, 6.45) is 3.46. The van der Waals surface area contributed by atoms with Gasteiger partial charge in [0.15, 0.2) is 0 Å². The van der Waals surface area contributed by atoms with Gasteiger partial charge in [0, 0.05) is 24.3 Å². The van der Waals surface area contributed by atoms with Crippen LogP contribution in [-0.2, 0) is 14.3 Å². The third-order valence-electron chi connectivity index (χ3n) is 3.18. The Morgan fingerprint density at radius 1 is 1.24 bits per heavy atom. The summed E-state index contributed by atoms with van der Waals surface area (Å²) < 4.78 is 5.48. The van der Waals surface area contributed by atoms with E-state index in [4.69, 9.17) is 4.74 Å². The molecule has 1 aliphatic heterocycles. The SMILES string of the molecule is CC(C)OCCCCCN1C(=O)CC(SC(C)(C)C)C1=O. The van der Waals surface area contributed by atoms with Gasteiger partial charge in [0.25, 0.3) is 0 Å². The number of likely N-dealkylation sites (tertiary alicyclic amines) is 1. The fourth-order valence-electron chi connectivity index (χ4n) is 2.27. The van der Waals surface area contributed by atoms with Crippen molar-refractivity contribution in [2.45, 2.75) is 76.4 Å². The second kappa shape index (κ2) is 8.18. The molecule has 0 aromatic heterocycles. The number of hydrogen-bond acceptors (Lipinski definition) is 4.